The van der Waals surface area contributed by atoms with Gasteiger partial charge in [-0.25, -0.2) is 18.2 Å². The Morgan fingerprint density at radius 2 is 1.62 bits per heavy atom. The normalized spacial score (nSPS) is 11.5. The second-order valence-corrected chi connectivity index (χ2v) is 9.94. The first-order valence-corrected chi connectivity index (χ1v) is 12.6. The van der Waals surface area contributed by atoms with Crippen LogP contribution in [0.4, 0.5) is 4.39 Å². The Bertz CT molecular complexity index is 1370. The number of hydrogen-bond acceptors (Lipinski definition) is 7. The van der Waals surface area contributed by atoms with Crippen LogP contribution in [-0.2, 0) is 21.4 Å². The lowest BCUT2D eigenvalue weighted by Crippen LogP contribution is -2.39. The number of halogens is 2. The lowest BCUT2D eigenvalue weighted by Gasteiger charge is -2.21. The van der Waals surface area contributed by atoms with Crippen LogP contribution in [0.5, 0.6) is 17.2 Å². The van der Waals surface area contributed by atoms with E-state index >= 15 is 0 Å². The predicted octanol–water partition coefficient (Wildman–Crippen LogP) is 3.85. The maximum Gasteiger partial charge on any atom is 0.255 e. The van der Waals surface area contributed by atoms with Crippen LogP contribution in [0.3, 0.4) is 0 Å². The molecule has 0 aliphatic carbocycles. The molecule has 0 spiro atoms. The minimum atomic E-state index is -4.11. The largest absolute Gasteiger partial charge is 0.493 e. The molecule has 0 atom stereocenters. The highest BCUT2D eigenvalue weighted by Gasteiger charge is 2.27. The van der Waals surface area contributed by atoms with Gasteiger partial charge < -0.3 is 14.2 Å². The summed E-state index contributed by atoms with van der Waals surface area (Å²) in [5, 5.41) is 4.29. The van der Waals surface area contributed by atoms with E-state index in [4.69, 9.17) is 25.8 Å². The maximum atomic E-state index is 13.3. The second-order valence-electron chi connectivity index (χ2n) is 7.57. The van der Waals surface area contributed by atoms with Crippen molar-refractivity contribution in [2.45, 2.75) is 11.4 Å². The van der Waals surface area contributed by atoms with Gasteiger partial charge in [-0.3, -0.25) is 4.79 Å². The van der Waals surface area contributed by atoms with E-state index in [1.54, 1.807) is 12.1 Å². The standard InChI is InChI=1S/C25H25ClFN3O6S/c1-34-22-13-6-18(24(35-2)25(22)36-3)14-28-29-23(31)16-30(15-17-4-9-20(27)10-5-17)37(32,33)21-11-7-19(26)8-12-21/h4-14H,15-16H2,1-3H3,(H,29,31)/b28-14-. The van der Waals surface area contributed by atoms with Crippen LogP contribution >= 0.6 is 11.6 Å². The molecule has 1 N–H and O–H groups in total. The molecular formula is C25H25ClFN3O6S. The third kappa shape index (κ3) is 6.97. The molecule has 0 aliphatic heterocycles. The number of sulfonamides is 1. The van der Waals surface area contributed by atoms with Gasteiger partial charge in [0.15, 0.2) is 11.5 Å². The molecule has 0 fully saturated rings. The Morgan fingerprint density at radius 3 is 2.22 bits per heavy atom. The summed E-state index contributed by atoms with van der Waals surface area (Å²) in [6.07, 6.45) is 1.33. The van der Waals surface area contributed by atoms with Crippen molar-refractivity contribution >= 4 is 33.7 Å². The van der Waals surface area contributed by atoms with Crippen molar-refractivity contribution in [3.8, 4) is 17.2 Å². The van der Waals surface area contributed by atoms with E-state index in [1.807, 2.05) is 0 Å². The third-order valence-corrected chi connectivity index (χ3v) is 7.23. The molecule has 0 bridgehead atoms. The number of benzene rings is 3. The zero-order valence-corrected chi connectivity index (χ0v) is 21.8. The Kier molecular flexibility index (Phi) is 9.45. The van der Waals surface area contributed by atoms with Gasteiger partial charge in [0.2, 0.25) is 15.8 Å². The Hall–Kier alpha value is -3.67. The van der Waals surface area contributed by atoms with Crippen molar-refractivity contribution in [1.82, 2.24) is 9.73 Å². The average Bonchev–Trinajstić information content (AvgIpc) is 2.89. The maximum absolute atomic E-state index is 13.3. The fourth-order valence-corrected chi connectivity index (χ4v) is 4.88. The lowest BCUT2D eigenvalue weighted by atomic mass is 10.2. The molecule has 3 aromatic rings. The summed E-state index contributed by atoms with van der Waals surface area (Å²) in [6, 6.07) is 14.2. The summed E-state index contributed by atoms with van der Waals surface area (Å²) in [6.45, 7) is -0.728. The summed E-state index contributed by atoms with van der Waals surface area (Å²) < 4.78 is 56.9. The first-order chi connectivity index (χ1) is 17.7. The van der Waals surface area contributed by atoms with E-state index in [2.05, 4.69) is 10.5 Å². The summed E-state index contributed by atoms with van der Waals surface area (Å²) in [5.74, 6) is -0.0313. The Balaban J connectivity index is 1.82. The van der Waals surface area contributed by atoms with E-state index in [0.29, 0.717) is 33.4 Å². The zero-order valence-electron chi connectivity index (χ0n) is 20.3. The third-order valence-electron chi connectivity index (χ3n) is 5.17. The van der Waals surface area contributed by atoms with Gasteiger partial charge in [0, 0.05) is 17.1 Å². The molecule has 0 aliphatic rings. The number of amides is 1. The average molecular weight is 550 g/mol. The molecule has 3 rings (SSSR count). The van der Waals surface area contributed by atoms with Gasteiger partial charge >= 0.3 is 0 Å². The van der Waals surface area contributed by atoms with Gasteiger partial charge in [0.05, 0.1) is 39.0 Å². The van der Waals surface area contributed by atoms with Crippen LogP contribution in [0.1, 0.15) is 11.1 Å². The number of ether oxygens (including phenoxy) is 3. The first kappa shape index (κ1) is 27.9. The van der Waals surface area contributed by atoms with Gasteiger partial charge in [0.25, 0.3) is 5.91 Å². The van der Waals surface area contributed by atoms with Crippen molar-refractivity contribution < 1.29 is 31.8 Å². The molecule has 196 valence electrons. The zero-order chi connectivity index (χ0) is 27.0. The number of nitrogens with one attached hydrogen (secondary N) is 1. The quantitative estimate of drug-likeness (QED) is 0.288. The molecule has 12 heteroatoms. The monoisotopic (exact) mass is 549 g/mol. The Morgan fingerprint density at radius 1 is 0.973 bits per heavy atom. The van der Waals surface area contributed by atoms with E-state index in [0.717, 1.165) is 4.31 Å². The predicted molar refractivity (Wildman–Crippen MR) is 137 cm³/mol. The molecule has 0 heterocycles. The van der Waals surface area contributed by atoms with Gasteiger partial charge in [-0.05, 0) is 54.1 Å². The summed E-state index contributed by atoms with van der Waals surface area (Å²) in [7, 11) is 0.284. The SMILES string of the molecule is COc1ccc(/C=N\NC(=O)CN(Cc2ccc(F)cc2)S(=O)(=O)c2ccc(Cl)cc2)c(OC)c1OC. The van der Waals surface area contributed by atoms with Crippen molar-refractivity contribution in [3.63, 3.8) is 0 Å². The number of methoxy groups -OCH3 is 3. The molecule has 9 nitrogen and oxygen atoms in total. The summed E-state index contributed by atoms with van der Waals surface area (Å²) in [5.41, 5.74) is 3.30. The minimum absolute atomic E-state index is 0.0506. The van der Waals surface area contributed by atoms with E-state index in [9.17, 15) is 17.6 Å². The molecule has 37 heavy (non-hydrogen) atoms. The molecule has 0 aromatic heterocycles. The molecule has 0 saturated heterocycles. The highest BCUT2D eigenvalue weighted by atomic mass is 35.5. The van der Waals surface area contributed by atoms with Crippen LogP contribution in [0.15, 0.2) is 70.7 Å². The highest BCUT2D eigenvalue weighted by Crippen LogP contribution is 2.39. The van der Waals surface area contributed by atoms with Gasteiger partial charge in [0.1, 0.15) is 5.82 Å². The highest BCUT2D eigenvalue weighted by molar-refractivity contribution is 7.89. The van der Waals surface area contributed by atoms with Crippen molar-refractivity contribution in [2.75, 3.05) is 27.9 Å². The summed E-state index contributed by atoms with van der Waals surface area (Å²) >= 11 is 5.89. The fraction of sp³-hybridized carbons (Fsp3) is 0.200. The van der Waals surface area contributed by atoms with E-state index in [1.165, 1.54) is 76.1 Å². The summed E-state index contributed by atoms with van der Waals surface area (Å²) in [4.78, 5) is 12.7. The molecule has 0 radical (unpaired) electrons. The number of nitrogens with zero attached hydrogens (tertiary/aromatic N) is 2. The van der Waals surface area contributed by atoms with Crippen molar-refractivity contribution in [3.05, 3.63) is 82.6 Å². The smallest absolute Gasteiger partial charge is 0.255 e. The van der Waals surface area contributed by atoms with Crippen molar-refractivity contribution in [2.24, 2.45) is 5.10 Å². The van der Waals surface area contributed by atoms with Crippen LogP contribution in [0.25, 0.3) is 0 Å². The van der Waals surface area contributed by atoms with Crippen LogP contribution in [0.2, 0.25) is 5.02 Å². The molecule has 1 amide bonds. The van der Waals surface area contributed by atoms with Gasteiger partial charge in [-0.15, -0.1) is 0 Å². The van der Waals surface area contributed by atoms with E-state index < -0.39 is 28.3 Å². The van der Waals surface area contributed by atoms with Crippen LogP contribution < -0.4 is 19.6 Å². The van der Waals surface area contributed by atoms with Gasteiger partial charge in [-0.1, -0.05) is 23.7 Å². The molecule has 0 saturated carbocycles. The first-order valence-electron chi connectivity index (χ1n) is 10.8. The minimum Gasteiger partial charge on any atom is -0.493 e. The van der Waals surface area contributed by atoms with Gasteiger partial charge in [-0.2, -0.15) is 9.41 Å². The Labute approximate surface area is 219 Å². The van der Waals surface area contributed by atoms with Crippen LogP contribution in [-0.4, -0.2) is 52.7 Å². The van der Waals surface area contributed by atoms with Crippen LogP contribution in [0, 0.1) is 5.82 Å². The number of hydrogen-bond donors (Lipinski definition) is 1. The lowest BCUT2D eigenvalue weighted by molar-refractivity contribution is -0.121. The fourth-order valence-electron chi connectivity index (χ4n) is 3.37. The topological polar surface area (TPSA) is 107 Å². The number of rotatable bonds is 11. The van der Waals surface area contributed by atoms with Crippen molar-refractivity contribution in [1.29, 1.82) is 0 Å². The molecule has 0 unspecified atom stereocenters. The van der Waals surface area contributed by atoms with E-state index in [-0.39, 0.29) is 11.4 Å². The molecule has 3 aromatic carbocycles. The number of carbonyl (C=O) groups is 1. The number of hydrazone groups is 1. The molecular weight excluding hydrogens is 525 g/mol. The second kappa shape index (κ2) is 12.5. The number of carbonyl (C=O) groups excluding carboxylic acids is 1.